The minimum Gasteiger partial charge on any atom is -0.478 e. The Kier molecular flexibility index (Phi) is 3.12. The second-order valence-corrected chi connectivity index (χ2v) is 3.32. The molecule has 0 saturated heterocycles. The average Bonchev–Trinajstić information content (AvgIpc) is 2.16. The summed E-state index contributed by atoms with van der Waals surface area (Å²) in [4.78, 5) is 12.8. The highest BCUT2D eigenvalue weighted by atomic mass is 16.4. The normalized spacial score (nSPS) is 9.93. The molecule has 0 aliphatic rings. The van der Waals surface area contributed by atoms with Crippen molar-refractivity contribution in [2.75, 3.05) is 18.5 Å². The van der Waals surface area contributed by atoms with E-state index < -0.39 is 5.97 Å². The van der Waals surface area contributed by atoms with Crippen molar-refractivity contribution in [1.29, 1.82) is 0 Å². The van der Waals surface area contributed by atoms with Crippen molar-refractivity contribution in [2.45, 2.75) is 13.8 Å². The molecule has 1 N–H and O–H groups in total. The summed E-state index contributed by atoms with van der Waals surface area (Å²) in [6, 6.07) is 5.18. The van der Waals surface area contributed by atoms with Gasteiger partial charge in [0.05, 0.1) is 5.56 Å². The van der Waals surface area contributed by atoms with Crippen molar-refractivity contribution in [3.63, 3.8) is 0 Å². The van der Waals surface area contributed by atoms with E-state index in [4.69, 9.17) is 5.11 Å². The van der Waals surface area contributed by atoms with E-state index in [1.807, 2.05) is 20.0 Å². The lowest BCUT2D eigenvalue weighted by molar-refractivity contribution is 0.0697. The fraction of sp³-hybridized carbons (Fsp3) is 0.364. The Labute approximate surface area is 84.0 Å². The third kappa shape index (κ3) is 2.05. The number of aromatic carboxylic acids is 1. The highest BCUT2D eigenvalue weighted by molar-refractivity contribution is 5.88. The molecular weight excluding hydrogens is 178 g/mol. The summed E-state index contributed by atoms with van der Waals surface area (Å²) < 4.78 is 0. The fourth-order valence-electron chi connectivity index (χ4n) is 1.39. The average molecular weight is 193 g/mol. The molecule has 0 spiro atoms. The third-order valence-electron chi connectivity index (χ3n) is 2.33. The molecule has 0 fully saturated rings. The van der Waals surface area contributed by atoms with Crippen LogP contribution in [0, 0.1) is 6.92 Å². The first-order valence-corrected chi connectivity index (χ1v) is 4.61. The lowest BCUT2D eigenvalue weighted by Crippen LogP contribution is -2.17. The Balaban J connectivity index is 3.07. The molecule has 0 saturated carbocycles. The minimum absolute atomic E-state index is 0.343. The van der Waals surface area contributed by atoms with Gasteiger partial charge >= 0.3 is 5.97 Å². The number of hydrogen-bond acceptors (Lipinski definition) is 2. The van der Waals surface area contributed by atoms with Gasteiger partial charge in [-0.1, -0.05) is 0 Å². The molecule has 0 amide bonds. The van der Waals surface area contributed by atoms with Crippen LogP contribution in [0.15, 0.2) is 18.2 Å². The van der Waals surface area contributed by atoms with Gasteiger partial charge in [0.1, 0.15) is 0 Å². The molecule has 76 valence electrons. The molecule has 0 aliphatic carbocycles. The largest absolute Gasteiger partial charge is 0.478 e. The van der Waals surface area contributed by atoms with Gasteiger partial charge in [-0.25, -0.2) is 4.79 Å². The van der Waals surface area contributed by atoms with Gasteiger partial charge in [0.15, 0.2) is 0 Å². The van der Waals surface area contributed by atoms with Crippen LogP contribution in [0.5, 0.6) is 0 Å². The number of carbonyl (C=O) groups is 1. The quantitative estimate of drug-likeness (QED) is 0.799. The monoisotopic (exact) mass is 193 g/mol. The molecule has 1 rings (SSSR count). The zero-order valence-corrected chi connectivity index (χ0v) is 8.74. The SMILES string of the molecule is CCN(C)c1ccc(C(=O)O)cc1C. The van der Waals surface area contributed by atoms with Crippen molar-refractivity contribution in [3.05, 3.63) is 29.3 Å². The van der Waals surface area contributed by atoms with Gasteiger partial charge in [0.25, 0.3) is 0 Å². The topological polar surface area (TPSA) is 40.5 Å². The van der Waals surface area contributed by atoms with Gasteiger partial charge in [0, 0.05) is 19.3 Å². The van der Waals surface area contributed by atoms with E-state index in [1.165, 1.54) is 0 Å². The first-order chi connectivity index (χ1) is 6.56. The number of anilines is 1. The Morgan fingerprint density at radius 1 is 1.50 bits per heavy atom. The number of rotatable bonds is 3. The predicted octanol–water partition coefficient (Wildman–Crippen LogP) is 2.15. The Morgan fingerprint density at radius 2 is 2.14 bits per heavy atom. The molecule has 3 nitrogen and oxygen atoms in total. The maximum Gasteiger partial charge on any atom is 0.335 e. The Bertz CT molecular complexity index is 347. The summed E-state index contributed by atoms with van der Waals surface area (Å²) in [6.07, 6.45) is 0. The first kappa shape index (κ1) is 10.6. The van der Waals surface area contributed by atoms with Gasteiger partial charge < -0.3 is 10.0 Å². The lowest BCUT2D eigenvalue weighted by atomic mass is 10.1. The molecule has 0 bridgehead atoms. The lowest BCUT2D eigenvalue weighted by Gasteiger charge is -2.19. The van der Waals surface area contributed by atoms with Gasteiger partial charge in [-0.15, -0.1) is 0 Å². The summed E-state index contributed by atoms with van der Waals surface area (Å²) >= 11 is 0. The molecule has 1 aromatic carbocycles. The van der Waals surface area contributed by atoms with Gasteiger partial charge in [-0.05, 0) is 37.6 Å². The van der Waals surface area contributed by atoms with Crippen molar-refractivity contribution >= 4 is 11.7 Å². The third-order valence-corrected chi connectivity index (χ3v) is 2.33. The summed E-state index contributed by atoms with van der Waals surface area (Å²) in [5.41, 5.74) is 2.42. The standard InChI is InChI=1S/C11H15NO2/c1-4-12(3)10-6-5-9(11(13)14)7-8(10)2/h5-7H,4H2,1-3H3,(H,13,14). The van der Waals surface area contributed by atoms with Crippen molar-refractivity contribution in [2.24, 2.45) is 0 Å². The van der Waals surface area contributed by atoms with E-state index in [2.05, 4.69) is 11.8 Å². The number of nitrogens with zero attached hydrogens (tertiary/aromatic N) is 1. The molecule has 0 heterocycles. The predicted molar refractivity (Wildman–Crippen MR) is 57.1 cm³/mol. The maximum absolute atomic E-state index is 10.7. The van der Waals surface area contributed by atoms with Gasteiger partial charge in [0.2, 0.25) is 0 Å². The maximum atomic E-state index is 10.7. The van der Waals surface area contributed by atoms with Crippen LogP contribution in [0.3, 0.4) is 0 Å². The van der Waals surface area contributed by atoms with Crippen LogP contribution in [0.25, 0.3) is 0 Å². The zero-order valence-electron chi connectivity index (χ0n) is 8.74. The van der Waals surface area contributed by atoms with E-state index in [1.54, 1.807) is 12.1 Å². The zero-order chi connectivity index (χ0) is 10.7. The van der Waals surface area contributed by atoms with Crippen LogP contribution in [0.4, 0.5) is 5.69 Å². The molecule has 0 atom stereocenters. The second kappa shape index (κ2) is 4.13. The molecule has 0 aromatic heterocycles. The number of carboxylic acids is 1. The highest BCUT2D eigenvalue weighted by Crippen LogP contribution is 2.19. The summed E-state index contributed by atoms with van der Waals surface area (Å²) in [7, 11) is 1.99. The number of aryl methyl sites for hydroxylation is 1. The summed E-state index contributed by atoms with van der Waals surface area (Å²) in [6.45, 7) is 4.89. The molecule has 0 radical (unpaired) electrons. The van der Waals surface area contributed by atoms with Crippen LogP contribution in [0.1, 0.15) is 22.8 Å². The number of carboxylic acid groups (broad SMARTS) is 1. The Morgan fingerprint density at radius 3 is 2.57 bits per heavy atom. The highest BCUT2D eigenvalue weighted by Gasteiger charge is 2.07. The summed E-state index contributed by atoms with van der Waals surface area (Å²) in [5, 5.41) is 8.78. The summed E-state index contributed by atoms with van der Waals surface area (Å²) in [5.74, 6) is -0.876. The van der Waals surface area contributed by atoms with Crippen LogP contribution in [-0.4, -0.2) is 24.7 Å². The molecular formula is C11H15NO2. The van der Waals surface area contributed by atoms with E-state index in [0.29, 0.717) is 5.56 Å². The van der Waals surface area contributed by atoms with E-state index in [0.717, 1.165) is 17.8 Å². The number of benzene rings is 1. The molecule has 0 aliphatic heterocycles. The fourth-order valence-corrected chi connectivity index (χ4v) is 1.39. The number of hydrogen-bond donors (Lipinski definition) is 1. The van der Waals surface area contributed by atoms with Crippen LogP contribution < -0.4 is 4.90 Å². The Hall–Kier alpha value is -1.51. The van der Waals surface area contributed by atoms with Gasteiger partial charge in [-0.3, -0.25) is 0 Å². The van der Waals surface area contributed by atoms with E-state index >= 15 is 0 Å². The molecule has 0 unspecified atom stereocenters. The van der Waals surface area contributed by atoms with Crippen LogP contribution in [-0.2, 0) is 0 Å². The van der Waals surface area contributed by atoms with E-state index in [-0.39, 0.29) is 0 Å². The van der Waals surface area contributed by atoms with Crippen molar-refractivity contribution < 1.29 is 9.90 Å². The first-order valence-electron chi connectivity index (χ1n) is 4.61. The van der Waals surface area contributed by atoms with Crippen molar-refractivity contribution in [3.8, 4) is 0 Å². The molecule has 14 heavy (non-hydrogen) atoms. The minimum atomic E-state index is -0.876. The second-order valence-electron chi connectivity index (χ2n) is 3.32. The van der Waals surface area contributed by atoms with E-state index in [9.17, 15) is 4.79 Å². The molecule has 1 aromatic rings. The van der Waals surface area contributed by atoms with Gasteiger partial charge in [-0.2, -0.15) is 0 Å². The smallest absolute Gasteiger partial charge is 0.335 e. The van der Waals surface area contributed by atoms with Crippen molar-refractivity contribution in [1.82, 2.24) is 0 Å². The van der Waals surface area contributed by atoms with Crippen LogP contribution in [0.2, 0.25) is 0 Å². The molecule has 3 heteroatoms. The van der Waals surface area contributed by atoms with Crippen LogP contribution >= 0.6 is 0 Å².